The second-order valence-corrected chi connectivity index (χ2v) is 9.77. The van der Waals surface area contributed by atoms with E-state index in [2.05, 4.69) is 37.0 Å². The molecule has 1 aliphatic rings. The molecule has 1 saturated carbocycles. The van der Waals surface area contributed by atoms with Gasteiger partial charge in [-0.15, -0.1) is 0 Å². The normalized spacial score (nSPS) is 17.7. The van der Waals surface area contributed by atoms with E-state index in [0.29, 0.717) is 22.4 Å². The summed E-state index contributed by atoms with van der Waals surface area (Å²) < 4.78 is 15.2. The number of unbranched alkanes of at least 4 members (excludes halogenated alkanes) is 4. The molecule has 1 fully saturated rings. The van der Waals surface area contributed by atoms with E-state index >= 15 is 4.39 Å². The first-order chi connectivity index (χ1) is 16.7. The summed E-state index contributed by atoms with van der Waals surface area (Å²) in [5, 5.41) is 10.5. The number of hydrogen-bond acceptors (Lipinski definition) is 1. The number of benzene rings is 3. The average molecular weight is 452 g/mol. The van der Waals surface area contributed by atoms with Gasteiger partial charge in [-0.05, 0) is 78.8 Å². The molecule has 2 heteroatoms. The zero-order valence-corrected chi connectivity index (χ0v) is 20.2. The Kier molecular flexibility index (Phi) is 8.38. The molecule has 0 spiro atoms. The van der Waals surface area contributed by atoms with Crippen molar-refractivity contribution < 1.29 is 4.39 Å². The van der Waals surface area contributed by atoms with Gasteiger partial charge in [-0.2, -0.15) is 5.26 Å². The minimum absolute atomic E-state index is 0.253. The molecule has 0 heterocycles. The first-order valence-corrected chi connectivity index (χ1v) is 12.9. The fourth-order valence-electron chi connectivity index (χ4n) is 5.25. The van der Waals surface area contributed by atoms with Gasteiger partial charge in [0.05, 0.1) is 17.2 Å². The molecule has 174 valence electrons. The second kappa shape index (κ2) is 11.9. The van der Waals surface area contributed by atoms with Crippen LogP contribution in [0.3, 0.4) is 0 Å². The Balaban J connectivity index is 1.39. The summed E-state index contributed by atoms with van der Waals surface area (Å²) >= 11 is 0. The Morgan fingerprint density at radius 2 is 1.56 bits per heavy atom. The van der Waals surface area contributed by atoms with Crippen LogP contribution in [-0.4, -0.2) is 0 Å². The zero-order valence-electron chi connectivity index (χ0n) is 20.2. The van der Waals surface area contributed by atoms with Crippen molar-refractivity contribution in [2.75, 3.05) is 0 Å². The van der Waals surface area contributed by atoms with Gasteiger partial charge < -0.3 is 0 Å². The molecular weight excluding hydrogens is 417 g/mol. The third-order valence-corrected chi connectivity index (χ3v) is 7.37. The molecule has 3 aromatic rings. The van der Waals surface area contributed by atoms with Crippen molar-refractivity contribution in [1.82, 2.24) is 0 Å². The maximum Gasteiger partial charge on any atom is 0.146 e. The van der Waals surface area contributed by atoms with Crippen molar-refractivity contribution in [3.05, 3.63) is 82.7 Å². The standard InChI is InChI=1S/C32H34FN/c1-2-3-4-5-6-7-24-12-15-27(16-13-24)29-20-21-31-30(22-29)19-18-28(32(31)33)17-14-25-8-10-26(23-34)11-9-25/h8-11,18-22,24,27H,2-7,12-13,15-16H2,1H3. The quantitative estimate of drug-likeness (QED) is 0.260. The Bertz CT molecular complexity index is 1200. The van der Waals surface area contributed by atoms with E-state index in [4.69, 9.17) is 5.26 Å². The number of fused-ring (bicyclic) bond motifs is 1. The highest BCUT2D eigenvalue weighted by Gasteiger charge is 2.22. The van der Waals surface area contributed by atoms with E-state index in [1.54, 1.807) is 30.3 Å². The molecule has 34 heavy (non-hydrogen) atoms. The molecule has 0 radical (unpaired) electrons. The lowest BCUT2D eigenvalue weighted by molar-refractivity contribution is 0.302. The summed E-state index contributed by atoms with van der Waals surface area (Å²) in [6.45, 7) is 2.27. The maximum atomic E-state index is 15.2. The van der Waals surface area contributed by atoms with Crippen molar-refractivity contribution in [3.63, 3.8) is 0 Å². The van der Waals surface area contributed by atoms with Crippen LogP contribution in [0.15, 0.2) is 54.6 Å². The van der Waals surface area contributed by atoms with Gasteiger partial charge in [-0.1, -0.05) is 81.6 Å². The van der Waals surface area contributed by atoms with Crippen LogP contribution in [0.1, 0.15) is 99.3 Å². The van der Waals surface area contributed by atoms with Crippen LogP contribution in [0.25, 0.3) is 10.8 Å². The summed E-state index contributed by atoms with van der Waals surface area (Å²) in [7, 11) is 0. The number of rotatable bonds is 7. The molecule has 0 aromatic heterocycles. The topological polar surface area (TPSA) is 23.8 Å². The predicted molar refractivity (Wildman–Crippen MR) is 139 cm³/mol. The summed E-state index contributed by atoms with van der Waals surface area (Å²) in [5.74, 6) is 7.21. The monoisotopic (exact) mass is 451 g/mol. The Morgan fingerprint density at radius 3 is 2.29 bits per heavy atom. The van der Waals surface area contributed by atoms with Crippen LogP contribution in [0.5, 0.6) is 0 Å². The number of nitrogens with zero attached hydrogens (tertiary/aromatic N) is 1. The number of nitriles is 1. The van der Waals surface area contributed by atoms with E-state index in [9.17, 15) is 0 Å². The van der Waals surface area contributed by atoms with E-state index in [0.717, 1.165) is 16.9 Å². The van der Waals surface area contributed by atoms with Crippen LogP contribution >= 0.6 is 0 Å². The molecule has 0 aliphatic heterocycles. The Labute approximate surface area is 204 Å². The third-order valence-electron chi connectivity index (χ3n) is 7.37. The number of hydrogen-bond donors (Lipinski definition) is 0. The molecule has 0 N–H and O–H groups in total. The first kappa shape index (κ1) is 24.0. The lowest BCUT2D eigenvalue weighted by Gasteiger charge is -2.29. The van der Waals surface area contributed by atoms with Crippen molar-refractivity contribution in [2.24, 2.45) is 5.92 Å². The second-order valence-electron chi connectivity index (χ2n) is 9.77. The van der Waals surface area contributed by atoms with Crippen molar-refractivity contribution >= 4 is 10.8 Å². The fourth-order valence-corrected chi connectivity index (χ4v) is 5.25. The fraction of sp³-hybridized carbons (Fsp3) is 0.406. The molecule has 4 rings (SSSR count). The first-order valence-electron chi connectivity index (χ1n) is 12.9. The molecule has 0 amide bonds. The summed E-state index contributed by atoms with van der Waals surface area (Å²) in [4.78, 5) is 0. The van der Waals surface area contributed by atoms with Crippen LogP contribution < -0.4 is 0 Å². The minimum atomic E-state index is -0.253. The lowest BCUT2D eigenvalue weighted by atomic mass is 9.76. The van der Waals surface area contributed by atoms with Gasteiger partial charge in [0.25, 0.3) is 0 Å². The van der Waals surface area contributed by atoms with Gasteiger partial charge in [0.1, 0.15) is 5.82 Å². The van der Waals surface area contributed by atoms with Gasteiger partial charge in [-0.3, -0.25) is 0 Å². The van der Waals surface area contributed by atoms with Crippen molar-refractivity contribution in [2.45, 2.75) is 77.0 Å². The van der Waals surface area contributed by atoms with Crippen molar-refractivity contribution in [1.29, 1.82) is 5.26 Å². The summed E-state index contributed by atoms with van der Waals surface area (Å²) in [6.07, 6.45) is 13.4. The predicted octanol–water partition coefficient (Wildman–Crippen LogP) is 8.88. The molecule has 0 bridgehead atoms. The van der Waals surface area contributed by atoms with E-state index in [-0.39, 0.29) is 5.82 Å². The van der Waals surface area contributed by atoms with Crippen LogP contribution in [-0.2, 0) is 0 Å². The smallest absolute Gasteiger partial charge is 0.146 e. The maximum absolute atomic E-state index is 15.2. The van der Waals surface area contributed by atoms with Crippen LogP contribution in [0, 0.1) is 34.9 Å². The van der Waals surface area contributed by atoms with Gasteiger partial charge in [0.15, 0.2) is 0 Å². The van der Waals surface area contributed by atoms with Gasteiger partial charge >= 0.3 is 0 Å². The molecule has 3 aromatic carbocycles. The average Bonchev–Trinajstić information content (AvgIpc) is 2.89. The summed E-state index contributed by atoms with van der Waals surface area (Å²) in [5.41, 5.74) is 3.12. The molecule has 0 unspecified atom stereocenters. The molecule has 0 saturated heterocycles. The zero-order chi connectivity index (χ0) is 23.8. The SMILES string of the molecule is CCCCCCCC1CCC(c2ccc3c(F)c(C#Cc4ccc(C#N)cc4)ccc3c2)CC1. The third kappa shape index (κ3) is 6.07. The van der Waals surface area contributed by atoms with Crippen molar-refractivity contribution in [3.8, 4) is 17.9 Å². The molecule has 1 nitrogen and oxygen atoms in total. The summed E-state index contributed by atoms with van der Waals surface area (Å²) in [6, 6.07) is 19.1. The molecular formula is C32H34FN. The van der Waals surface area contributed by atoms with Gasteiger partial charge in [-0.25, -0.2) is 4.39 Å². The highest BCUT2D eigenvalue weighted by Crippen LogP contribution is 2.39. The van der Waals surface area contributed by atoms with Crippen LogP contribution in [0.4, 0.5) is 4.39 Å². The van der Waals surface area contributed by atoms with E-state index in [1.165, 1.54) is 69.8 Å². The van der Waals surface area contributed by atoms with Gasteiger partial charge in [0.2, 0.25) is 0 Å². The Morgan fingerprint density at radius 1 is 0.824 bits per heavy atom. The van der Waals surface area contributed by atoms with E-state index in [1.807, 2.05) is 12.1 Å². The molecule has 1 aliphatic carbocycles. The number of halogens is 1. The van der Waals surface area contributed by atoms with Crippen LogP contribution in [0.2, 0.25) is 0 Å². The minimum Gasteiger partial charge on any atom is -0.205 e. The largest absolute Gasteiger partial charge is 0.205 e. The molecule has 0 atom stereocenters. The Hall–Kier alpha value is -3.10. The lowest BCUT2D eigenvalue weighted by Crippen LogP contribution is -2.13. The highest BCUT2D eigenvalue weighted by molar-refractivity contribution is 5.85. The van der Waals surface area contributed by atoms with E-state index < -0.39 is 0 Å². The van der Waals surface area contributed by atoms with Gasteiger partial charge in [0, 0.05) is 10.9 Å². The highest BCUT2D eigenvalue weighted by atomic mass is 19.1.